The number of amides is 9. The molecule has 616 valence electrons. The molecule has 114 heavy (non-hydrogen) atoms. The normalized spacial score (nSPS) is 16.3. The Bertz CT molecular complexity index is 4900. The summed E-state index contributed by atoms with van der Waals surface area (Å²) in [4.78, 5) is 118. The highest BCUT2D eigenvalue weighted by atomic mass is 32.2. The number of furan rings is 1. The zero-order valence-corrected chi connectivity index (χ0v) is 62.8. The van der Waals surface area contributed by atoms with Gasteiger partial charge < -0.3 is 31.0 Å². The second-order valence-electron chi connectivity index (χ2n) is 27.7. The summed E-state index contributed by atoms with van der Waals surface area (Å²) in [6.45, 7) is 6.77. The van der Waals surface area contributed by atoms with Gasteiger partial charge >= 0.3 is 6.18 Å². The molecular formula is C80H101F3N12O18S. The first-order valence-electron chi connectivity index (χ1n) is 36.2. The lowest BCUT2D eigenvalue weighted by Gasteiger charge is -2.32. The quantitative estimate of drug-likeness (QED) is 0.00667. The van der Waals surface area contributed by atoms with Crippen LogP contribution in [0.4, 0.5) is 35.9 Å². The minimum atomic E-state index is -4.57. The molecule has 1 saturated heterocycles. The number of allylic oxidation sites excluding steroid dienone is 2. The van der Waals surface area contributed by atoms with E-state index in [1.165, 1.54) is 59.0 Å². The number of sulfonamides is 1. The molecule has 4 aliphatic rings. The number of benzene rings is 6. The monoisotopic (exact) mass is 1610 g/mol. The molecule has 6 aromatic carbocycles. The Balaban J connectivity index is 0.000000795. The fourth-order valence-corrected chi connectivity index (χ4v) is 13.8. The SMILES string of the molecule is CC1(C)CC(=O)Nc2ccc(C(=O)NCC3CCC(/C=C/C(=O)NO)CC3)cc21.O=C(/C=C/C#Cc1cccc(NS(=O)(=O)c2ccccc2)c1)NO.O=C(CCCCC[C@H](NC(=O)[C@@H]1CCC(=O)N1)C(=O)Nc1cccc(C(F)(F)F)c1)NO.O=C(NO)c1ccc2c(c1)CN(Cc1ccc(-c3cccc([N+](=O)[O-])c3)o1)CC2.[HH].[HH].[HH].[HH].[HH].[HH].[HH]. The van der Waals surface area contributed by atoms with Crippen LogP contribution in [-0.2, 0) is 74.7 Å². The molecule has 1 aliphatic carbocycles. The predicted octanol–water partition coefficient (Wildman–Crippen LogP) is 11.9. The molecule has 1 aromatic heterocycles. The number of nitro groups is 1. The number of nitro benzene ring substituents is 1. The van der Waals surface area contributed by atoms with Crippen molar-refractivity contribution in [2.24, 2.45) is 11.8 Å². The van der Waals surface area contributed by atoms with E-state index in [1.54, 1.807) is 83.8 Å². The summed E-state index contributed by atoms with van der Waals surface area (Å²) < 4.78 is 71.6. The van der Waals surface area contributed by atoms with Gasteiger partial charge in [-0.3, -0.25) is 83.7 Å². The topological polar surface area (TPSA) is 449 Å². The highest BCUT2D eigenvalue weighted by Gasteiger charge is 2.35. The summed E-state index contributed by atoms with van der Waals surface area (Å²) in [5, 5.41) is 58.5. The van der Waals surface area contributed by atoms with Gasteiger partial charge in [-0.05, 0) is 177 Å². The predicted molar refractivity (Wildman–Crippen MR) is 424 cm³/mol. The van der Waals surface area contributed by atoms with E-state index in [-0.39, 0.29) is 75.1 Å². The van der Waals surface area contributed by atoms with Gasteiger partial charge in [0, 0.05) is 112 Å². The van der Waals surface area contributed by atoms with Crippen LogP contribution in [0.3, 0.4) is 0 Å². The largest absolute Gasteiger partial charge is 0.460 e. The zero-order chi connectivity index (χ0) is 82.5. The summed E-state index contributed by atoms with van der Waals surface area (Å²) in [6.07, 6.45) is 8.21. The highest BCUT2D eigenvalue weighted by Crippen LogP contribution is 2.38. The summed E-state index contributed by atoms with van der Waals surface area (Å²) in [5.41, 5.74) is 11.6. The Morgan fingerprint density at radius 2 is 1.45 bits per heavy atom. The second kappa shape index (κ2) is 41.8. The fraction of sp³-hybridized carbons (Fsp3) is 0.312. The van der Waals surface area contributed by atoms with Gasteiger partial charge in [-0.1, -0.05) is 93.1 Å². The smallest absolute Gasteiger partial charge is 0.416 e. The van der Waals surface area contributed by atoms with Crippen LogP contribution < -0.4 is 53.2 Å². The van der Waals surface area contributed by atoms with Crippen LogP contribution >= 0.6 is 0 Å². The number of halogens is 3. The van der Waals surface area contributed by atoms with E-state index in [4.69, 9.17) is 25.2 Å². The first-order valence-corrected chi connectivity index (χ1v) is 37.7. The number of hydroxylamine groups is 4. The first-order chi connectivity index (χ1) is 54.4. The number of carbonyl (C=O) groups is 9. The van der Waals surface area contributed by atoms with Crippen molar-refractivity contribution in [3.05, 3.63) is 231 Å². The summed E-state index contributed by atoms with van der Waals surface area (Å²) in [6, 6.07) is 37.8. The van der Waals surface area contributed by atoms with Crippen molar-refractivity contribution in [1.29, 1.82) is 0 Å². The number of alkyl halides is 3. The minimum Gasteiger partial charge on any atom is -0.460 e. The minimum absolute atomic E-state index is 0. The van der Waals surface area contributed by atoms with E-state index in [9.17, 15) is 74.9 Å². The number of anilines is 3. The molecular weight excluding hydrogens is 1510 g/mol. The Kier molecular flexibility index (Phi) is 31.9. The number of non-ortho nitro benzene ring substituents is 1. The van der Waals surface area contributed by atoms with Gasteiger partial charge in [-0.25, -0.2) is 30.3 Å². The fourth-order valence-electron chi connectivity index (χ4n) is 12.8. The second-order valence-corrected chi connectivity index (χ2v) is 29.3. The molecule has 14 N–H and O–H groups in total. The van der Waals surface area contributed by atoms with Crippen molar-refractivity contribution in [1.82, 2.24) is 42.8 Å². The Morgan fingerprint density at radius 1 is 0.737 bits per heavy atom. The van der Waals surface area contributed by atoms with Crippen molar-refractivity contribution in [2.75, 3.05) is 28.4 Å². The van der Waals surface area contributed by atoms with Crippen LogP contribution in [0.1, 0.15) is 155 Å². The van der Waals surface area contributed by atoms with Crippen LogP contribution in [0.5, 0.6) is 0 Å². The van der Waals surface area contributed by atoms with E-state index < -0.39 is 74.2 Å². The maximum Gasteiger partial charge on any atom is 0.416 e. The third-order valence-corrected chi connectivity index (χ3v) is 20.1. The number of nitrogens with one attached hydrogen (secondary N) is 10. The van der Waals surface area contributed by atoms with Crippen LogP contribution in [0, 0.1) is 33.8 Å². The van der Waals surface area contributed by atoms with Crippen LogP contribution in [0.15, 0.2) is 185 Å². The number of fused-ring (bicyclic) bond motifs is 2. The number of hydrogen-bond acceptors (Lipinski definition) is 19. The van der Waals surface area contributed by atoms with E-state index in [0.29, 0.717) is 90.9 Å². The van der Waals surface area contributed by atoms with Crippen molar-refractivity contribution in [3.63, 3.8) is 0 Å². The average Bonchev–Trinajstić information content (AvgIpc) is 1.08. The molecule has 9 amide bonds. The molecule has 3 aliphatic heterocycles. The molecule has 1 saturated carbocycles. The van der Waals surface area contributed by atoms with E-state index in [0.717, 1.165) is 85.5 Å². The van der Waals surface area contributed by atoms with Crippen LogP contribution in [0.25, 0.3) is 11.3 Å². The molecule has 0 unspecified atom stereocenters. The van der Waals surface area contributed by atoms with Crippen molar-refractivity contribution in [2.45, 2.75) is 139 Å². The number of hydrogen-bond donors (Lipinski definition) is 14. The van der Waals surface area contributed by atoms with Gasteiger partial charge in [0.2, 0.25) is 29.5 Å². The van der Waals surface area contributed by atoms with Crippen molar-refractivity contribution in [3.8, 4) is 23.2 Å². The van der Waals surface area contributed by atoms with E-state index in [1.807, 2.05) is 50.3 Å². The lowest BCUT2D eigenvalue weighted by atomic mass is 9.77. The number of carbonyl (C=O) groups excluding carboxylic acids is 9. The molecule has 7 aromatic rings. The summed E-state index contributed by atoms with van der Waals surface area (Å²) >= 11 is 0. The molecule has 4 heterocycles. The van der Waals surface area contributed by atoms with Crippen LogP contribution in [-0.4, -0.2) is 117 Å². The number of rotatable bonds is 24. The summed E-state index contributed by atoms with van der Waals surface area (Å²) in [7, 11) is -3.66. The highest BCUT2D eigenvalue weighted by molar-refractivity contribution is 7.92. The molecule has 11 rings (SSSR count). The lowest BCUT2D eigenvalue weighted by molar-refractivity contribution is -0.384. The molecule has 2 fully saturated rings. The molecule has 0 bridgehead atoms. The summed E-state index contributed by atoms with van der Waals surface area (Å²) in [5.74, 6) is 3.57. The van der Waals surface area contributed by atoms with Gasteiger partial charge in [0.05, 0.1) is 27.6 Å². The van der Waals surface area contributed by atoms with Gasteiger partial charge in [-0.2, -0.15) is 13.2 Å². The molecule has 2 atom stereocenters. The average molecular weight is 1610 g/mol. The maximum absolute atomic E-state index is 12.9. The zero-order valence-electron chi connectivity index (χ0n) is 62.0. The third kappa shape index (κ3) is 26.9. The third-order valence-electron chi connectivity index (χ3n) is 18.7. The van der Waals surface area contributed by atoms with E-state index >= 15 is 0 Å². The lowest BCUT2D eigenvalue weighted by Crippen LogP contribution is -2.50. The van der Waals surface area contributed by atoms with Crippen LogP contribution in [0.2, 0.25) is 0 Å². The standard InChI is InChI=1S/C22H29N3O4.C21H19N3O5.C20H25F3N4O5.C17H14N2O4S.7H2/c1-22(2)12-20(27)24-18-9-8-16(11-17(18)22)21(28)23-13-15-5-3-14(4-6-15)7-10-19(26)25-29;25-21(22-26)16-5-4-14-8-9-23(12-17(14)10-16)13-19-6-7-20(29-19)15-2-1-3-18(11-15)24(27)28;21-20(22,23)12-5-4-6-13(11-12)24-18(30)14(7-2-1-3-8-17(29)27-32)26-19(31)15-9-10-16(28)25-15;20-17(18-21)12-5-4-7-14-8-6-9-15(13-14)19-24(22,23)16-10-2-1-3-11-16;;;;;;;/h7-11,14-15,29H,3-6,12-13H2,1-2H3,(H,23,28)(H,24,27)(H,25,26);1-7,10-11,26H,8-9,12-13H2,(H,22,25);4-6,11,14-15,32H,1-3,7-10H2,(H,24,30)(H,25,28)(H,26,31)(H,27,29);1-3,5-6,8-13,19,21H,(H,18,20);7*1H/b10-7+;;;12-5+;;;;;;;/t;;14-,15-;;;;;;;;/m..0......../s1. The number of nitrogens with zero attached hydrogens (tertiary/aromatic N) is 2. The maximum atomic E-state index is 12.9. The van der Waals surface area contributed by atoms with Gasteiger partial charge in [0.1, 0.15) is 23.6 Å². The molecule has 0 radical (unpaired) electrons. The van der Waals surface area contributed by atoms with Gasteiger partial charge in [0.25, 0.3) is 39.3 Å². The Morgan fingerprint density at radius 3 is 2.15 bits per heavy atom. The molecule has 30 nitrogen and oxygen atoms in total. The van der Waals surface area contributed by atoms with Crippen molar-refractivity contribution < 1.29 is 105 Å². The molecule has 0 spiro atoms. The van der Waals surface area contributed by atoms with Gasteiger partial charge in [0.15, 0.2) is 0 Å². The van der Waals surface area contributed by atoms with E-state index in [2.05, 4.69) is 48.0 Å². The number of unbranched alkanes of at least 4 members (excludes halogenated alkanes) is 2. The Labute approximate surface area is 664 Å². The van der Waals surface area contributed by atoms with Gasteiger partial charge in [-0.15, -0.1) is 0 Å². The molecule has 34 heteroatoms. The Hall–Kier alpha value is -12.4. The first kappa shape index (κ1) is 87.2. The van der Waals surface area contributed by atoms with Crippen molar-refractivity contribution >= 4 is 85.9 Å².